The lowest BCUT2D eigenvalue weighted by molar-refractivity contribution is -0.148. The van der Waals surface area contributed by atoms with Gasteiger partial charge in [-0.15, -0.1) is 0 Å². The maximum absolute atomic E-state index is 11.8. The molecule has 0 amide bonds. The molecule has 2 unspecified atom stereocenters. The number of rotatable bonds is 10. The molecule has 3 nitrogen and oxygen atoms in total. The van der Waals surface area contributed by atoms with Crippen LogP contribution >= 0.6 is 0 Å². The highest BCUT2D eigenvalue weighted by Crippen LogP contribution is 2.16. The van der Waals surface area contributed by atoms with E-state index in [0.29, 0.717) is 12.8 Å². The fourth-order valence-corrected chi connectivity index (χ4v) is 2.34. The first-order valence-electron chi connectivity index (χ1n) is 8.13. The van der Waals surface area contributed by atoms with Crippen molar-refractivity contribution < 1.29 is 9.53 Å². The minimum absolute atomic E-state index is 0.0160. The van der Waals surface area contributed by atoms with Gasteiger partial charge in [-0.05, 0) is 31.7 Å². The molecule has 2 atom stereocenters. The van der Waals surface area contributed by atoms with Crippen molar-refractivity contribution in [2.45, 2.75) is 70.9 Å². The van der Waals surface area contributed by atoms with Gasteiger partial charge in [0.25, 0.3) is 0 Å². The summed E-state index contributed by atoms with van der Waals surface area (Å²) in [5.41, 5.74) is 7.15. The highest BCUT2D eigenvalue weighted by Gasteiger charge is 2.12. The van der Waals surface area contributed by atoms with Gasteiger partial charge in [-0.1, -0.05) is 56.5 Å². The highest BCUT2D eigenvalue weighted by molar-refractivity contribution is 5.69. The third-order valence-corrected chi connectivity index (χ3v) is 3.68. The van der Waals surface area contributed by atoms with Crippen LogP contribution in [-0.2, 0) is 9.53 Å². The maximum Gasteiger partial charge on any atom is 0.306 e. The Morgan fingerprint density at radius 3 is 2.52 bits per heavy atom. The molecule has 0 fully saturated rings. The van der Waals surface area contributed by atoms with Crippen molar-refractivity contribution >= 4 is 5.97 Å². The average Bonchev–Trinajstić information content (AvgIpc) is 2.50. The normalized spacial score (nSPS) is 13.7. The van der Waals surface area contributed by atoms with Crippen LogP contribution < -0.4 is 5.73 Å². The molecule has 0 saturated carbocycles. The van der Waals surface area contributed by atoms with Gasteiger partial charge >= 0.3 is 5.97 Å². The Bertz CT molecular complexity index is 391. The van der Waals surface area contributed by atoms with Gasteiger partial charge in [-0.3, -0.25) is 4.79 Å². The summed E-state index contributed by atoms with van der Waals surface area (Å²) in [6.45, 7) is 4.17. The first-order valence-corrected chi connectivity index (χ1v) is 8.13. The molecular formula is C18H29NO2. The maximum atomic E-state index is 11.8. The van der Waals surface area contributed by atoms with E-state index in [0.717, 1.165) is 18.4 Å². The van der Waals surface area contributed by atoms with E-state index in [1.165, 1.54) is 19.3 Å². The van der Waals surface area contributed by atoms with Crippen LogP contribution in [-0.4, -0.2) is 12.1 Å². The van der Waals surface area contributed by atoms with Crippen LogP contribution in [0.25, 0.3) is 0 Å². The van der Waals surface area contributed by atoms with Crippen LogP contribution in [0.5, 0.6) is 0 Å². The van der Waals surface area contributed by atoms with Gasteiger partial charge in [-0.25, -0.2) is 0 Å². The number of carbonyl (C=O) groups is 1. The molecule has 0 aliphatic carbocycles. The van der Waals surface area contributed by atoms with E-state index in [4.69, 9.17) is 10.5 Å². The monoisotopic (exact) mass is 291 g/mol. The number of hydrogen-bond donors (Lipinski definition) is 1. The van der Waals surface area contributed by atoms with Crippen molar-refractivity contribution in [2.75, 3.05) is 0 Å². The molecule has 0 bridgehead atoms. The Labute approximate surface area is 128 Å². The fourth-order valence-electron chi connectivity index (χ4n) is 2.34. The van der Waals surface area contributed by atoms with E-state index < -0.39 is 0 Å². The minimum Gasteiger partial charge on any atom is -0.463 e. The van der Waals surface area contributed by atoms with Gasteiger partial charge in [0.15, 0.2) is 0 Å². The van der Waals surface area contributed by atoms with Crippen molar-refractivity contribution in [3.63, 3.8) is 0 Å². The summed E-state index contributed by atoms with van der Waals surface area (Å²) in [5.74, 6) is -0.135. The summed E-state index contributed by atoms with van der Waals surface area (Å²) in [4.78, 5) is 11.8. The summed E-state index contributed by atoms with van der Waals surface area (Å²) in [5, 5.41) is 0. The lowest BCUT2D eigenvalue weighted by Crippen LogP contribution is -2.17. The first-order chi connectivity index (χ1) is 10.1. The Morgan fingerprint density at radius 1 is 1.14 bits per heavy atom. The molecule has 0 aromatic heterocycles. The van der Waals surface area contributed by atoms with Crippen LogP contribution in [0.3, 0.4) is 0 Å². The van der Waals surface area contributed by atoms with Gasteiger partial charge < -0.3 is 10.5 Å². The lowest BCUT2D eigenvalue weighted by atomic mass is 10.0. The number of hydrogen-bond acceptors (Lipinski definition) is 3. The topological polar surface area (TPSA) is 52.3 Å². The molecule has 118 valence electrons. The molecule has 0 aliphatic rings. The van der Waals surface area contributed by atoms with Gasteiger partial charge in [0.2, 0.25) is 0 Å². The fraction of sp³-hybridized carbons (Fsp3) is 0.611. The van der Waals surface area contributed by atoms with Gasteiger partial charge in [0, 0.05) is 12.5 Å². The summed E-state index contributed by atoms with van der Waals surface area (Å²) >= 11 is 0. The number of benzene rings is 1. The van der Waals surface area contributed by atoms with Crippen molar-refractivity contribution in [3.05, 3.63) is 35.9 Å². The first kappa shape index (κ1) is 17.7. The molecule has 0 heterocycles. The second-order valence-corrected chi connectivity index (χ2v) is 5.71. The Hall–Kier alpha value is -1.35. The lowest BCUT2D eigenvalue weighted by Gasteiger charge is -2.15. The quantitative estimate of drug-likeness (QED) is 0.514. The van der Waals surface area contributed by atoms with Crippen molar-refractivity contribution in [2.24, 2.45) is 5.73 Å². The second kappa shape index (κ2) is 10.4. The van der Waals surface area contributed by atoms with Crippen LogP contribution in [0.2, 0.25) is 0 Å². The third-order valence-electron chi connectivity index (χ3n) is 3.68. The van der Waals surface area contributed by atoms with E-state index in [-0.39, 0.29) is 18.1 Å². The van der Waals surface area contributed by atoms with Crippen LogP contribution in [0.4, 0.5) is 0 Å². The molecule has 1 rings (SSSR count). The highest BCUT2D eigenvalue weighted by atomic mass is 16.5. The van der Waals surface area contributed by atoms with E-state index in [9.17, 15) is 4.79 Å². The Balaban J connectivity index is 2.18. The van der Waals surface area contributed by atoms with E-state index >= 15 is 0 Å². The van der Waals surface area contributed by atoms with E-state index in [1.807, 2.05) is 37.3 Å². The number of ether oxygens (including phenoxy) is 1. The van der Waals surface area contributed by atoms with Gasteiger partial charge in [-0.2, -0.15) is 0 Å². The molecule has 21 heavy (non-hydrogen) atoms. The zero-order valence-corrected chi connectivity index (χ0v) is 13.4. The molecule has 0 radical (unpaired) electrons. The molecule has 0 saturated heterocycles. The molecule has 0 spiro atoms. The van der Waals surface area contributed by atoms with Gasteiger partial charge in [0.1, 0.15) is 0 Å². The number of esters is 1. The van der Waals surface area contributed by atoms with Crippen molar-refractivity contribution in [1.29, 1.82) is 0 Å². The van der Waals surface area contributed by atoms with Crippen molar-refractivity contribution in [3.8, 4) is 0 Å². The SMILES string of the molecule is CCCCCCC(C)OC(=O)CCC(N)c1ccccc1. The zero-order chi connectivity index (χ0) is 15.5. The molecule has 0 aliphatic heterocycles. The Morgan fingerprint density at radius 2 is 1.86 bits per heavy atom. The van der Waals surface area contributed by atoms with E-state index in [2.05, 4.69) is 6.92 Å². The molecular weight excluding hydrogens is 262 g/mol. The standard InChI is InChI=1S/C18H29NO2/c1-3-4-5-7-10-15(2)21-18(20)14-13-17(19)16-11-8-6-9-12-16/h6,8-9,11-12,15,17H,3-5,7,10,13-14,19H2,1-2H3. The molecule has 1 aromatic carbocycles. The largest absolute Gasteiger partial charge is 0.463 e. The zero-order valence-electron chi connectivity index (χ0n) is 13.4. The number of nitrogens with two attached hydrogens (primary N) is 1. The van der Waals surface area contributed by atoms with Gasteiger partial charge in [0.05, 0.1) is 6.10 Å². The predicted molar refractivity (Wildman–Crippen MR) is 86.9 cm³/mol. The summed E-state index contributed by atoms with van der Waals surface area (Å²) in [6.07, 6.45) is 6.82. The molecule has 1 aromatic rings. The predicted octanol–water partition coefficient (Wildman–Crippen LogP) is 4.37. The average molecular weight is 291 g/mol. The molecule has 2 N–H and O–H groups in total. The van der Waals surface area contributed by atoms with Crippen LogP contribution in [0, 0.1) is 0 Å². The van der Waals surface area contributed by atoms with E-state index in [1.54, 1.807) is 0 Å². The Kier molecular flexibility index (Phi) is 8.76. The second-order valence-electron chi connectivity index (χ2n) is 5.71. The van der Waals surface area contributed by atoms with Crippen molar-refractivity contribution in [1.82, 2.24) is 0 Å². The van der Waals surface area contributed by atoms with Crippen LogP contribution in [0.1, 0.15) is 70.4 Å². The molecule has 3 heteroatoms. The number of unbranched alkanes of at least 4 members (excludes halogenated alkanes) is 3. The summed E-state index contributed by atoms with van der Waals surface area (Å²) in [7, 11) is 0. The smallest absolute Gasteiger partial charge is 0.306 e. The minimum atomic E-state index is -0.135. The summed E-state index contributed by atoms with van der Waals surface area (Å²) in [6, 6.07) is 9.78. The third kappa shape index (κ3) is 7.86. The number of carbonyl (C=O) groups excluding carboxylic acids is 1. The van der Waals surface area contributed by atoms with Crippen LogP contribution in [0.15, 0.2) is 30.3 Å². The summed E-state index contributed by atoms with van der Waals surface area (Å²) < 4.78 is 5.42.